The Labute approximate surface area is 208 Å². The molecule has 0 rings (SSSR count). The van der Waals surface area contributed by atoms with Crippen LogP contribution < -0.4 is 0 Å². The van der Waals surface area contributed by atoms with Gasteiger partial charge in [0.15, 0.2) is 0 Å². The molecule has 0 bridgehead atoms. The number of hydrogen-bond acceptors (Lipinski definition) is 7. The molecule has 3 unspecified atom stereocenters. The van der Waals surface area contributed by atoms with Gasteiger partial charge in [-0.15, -0.1) is 0 Å². The summed E-state index contributed by atoms with van der Waals surface area (Å²) in [5.41, 5.74) is 0. The fourth-order valence-corrected chi connectivity index (χ4v) is 4.44. The normalized spacial score (nSPS) is 15.3. The molecule has 0 aliphatic carbocycles. The van der Waals surface area contributed by atoms with Crippen molar-refractivity contribution in [2.75, 3.05) is 33.0 Å². The van der Waals surface area contributed by atoms with E-state index >= 15 is 0 Å². The maximum Gasteiger partial charge on any atom is 0.472 e. The van der Waals surface area contributed by atoms with E-state index in [4.69, 9.17) is 14.9 Å². The number of aliphatic hydroxyl groups is 3. The van der Waals surface area contributed by atoms with Crippen molar-refractivity contribution in [3.8, 4) is 0 Å². The van der Waals surface area contributed by atoms with Gasteiger partial charge in [-0.1, -0.05) is 110 Å². The number of phosphoric ester groups is 1. The molecule has 206 valence electrons. The second-order valence-corrected chi connectivity index (χ2v) is 10.7. The summed E-state index contributed by atoms with van der Waals surface area (Å²) in [6.07, 6.45) is 20.1. The maximum atomic E-state index is 11.6. The van der Waals surface area contributed by atoms with E-state index in [1.54, 1.807) is 0 Å². The Morgan fingerprint density at radius 1 is 0.618 bits per heavy atom. The van der Waals surface area contributed by atoms with E-state index in [-0.39, 0.29) is 6.61 Å². The fourth-order valence-electron chi connectivity index (χ4n) is 3.65. The smallest absolute Gasteiger partial charge is 0.394 e. The first kappa shape index (κ1) is 34.0. The average molecular weight is 513 g/mol. The minimum absolute atomic E-state index is 0.0120. The van der Waals surface area contributed by atoms with E-state index < -0.39 is 39.9 Å². The highest BCUT2D eigenvalue weighted by molar-refractivity contribution is 7.47. The first-order valence-corrected chi connectivity index (χ1v) is 15.1. The molecule has 0 saturated carbocycles. The quantitative estimate of drug-likeness (QED) is 0.0839. The Bertz CT molecular complexity index is 466. The second kappa shape index (κ2) is 24.6. The molecule has 34 heavy (non-hydrogen) atoms. The predicted octanol–water partition coefficient (Wildman–Crippen LogP) is 5.50. The van der Waals surface area contributed by atoms with Crippen LogP contribution in [0, 0.1) is 0 Å². The van der Waals surface area contributed by atoms with E-state index in [9.17, 15) is 14.6 Å². The van der Waals surface area contributed by atoms with E-state index in [0.717, 1.165) is 12.8 Å². The third-order valence-electron chi connectivity index (χ3n) is 5.77. The molecule has 0 fully saturated rings. The number of hydrogen-bond donors (Lipinski definition) is 4. The second-order valence-electron chi connectivity index (χ2n) is 9.28. The largest absolute Gasteiger partial charge is 0.472 e. The predicted molar refractivity (Wildman–Crippen MR) is 136 cm³/mol. The summed E-state index contributed by atoms with van der Waals surface area (Å²) < 4.78 is 26.1. The average Bonchev–Trinajstić information content (AvgIpc) is 2.82. The van der Waals surface area contributed by atoms with Crippen LogP contribution in [-0.4, -0.2) is 65.5 Å². The number of phosphoric acid groups is 1. The molecule has 4 N–H and O–H groups in total. The van der Waals surface area contributed by atoms with Crippen LogP contribution in [0.4, 0.5) is 0 Å². The summed E-state index contributed by atoms with van der Waals surface area (Å²) in [4.78, 5) is 9.41. The van der Waals surface area contributed by atoms with Crippen molar-refractivity contribution in [3.05, 3.63) is 0 Å². The summed E-state index contributed by atoms with van der Waals surface area (Å²) in [5.74, 6) is 0. The van der Waals surface area contributed by atoms with Crippen LogP contribution in [0.15, 0.2) is 0 Å². The lowest BCUT2D eigenvalue weighted by Crippen LogP contribution is -2.23. The van der Waals surface area contributed by atoms with E-state index in [1.807, 2.05) is 0 Å². The van der Waals surface area contributed by atoms with E-state index in [0.29, 0.717) is 6.61 Å². The molecule has 0 aromatic heterocycles. The van der Waals surface area contributed by atoms with Crippen molar-refractivity contribution in [1.29, 1.82) is 0 Å². The first-order chi connectivity index (χ1) is 16.4. The minimum Gasteiger partial charge on any atom is -0.394 e. The molecule has 0 radical (unpaired) electrons. The van der Waals surface area contributed by atoms with Crippen LogP contribution >= 0.6 is 7.82 Å². The Hall–Kier alpha value is -0.0500. The van der Waals surface area contributed by atoms with Crippen LogP contribution in [0.3, 0.4) is 0 Å². The van der Waals surface area contributed by atoms with Crippen molar-refractivity contribution in [2.24, 2.45) is 0 Å². The number of aliphatic hydroxyl groups excluding tert-OH is 3. The van der Waals surface area contributed by atoms with Crippen molar-refractivity contribution in [1.82, 2.24) is 0 Å². The van der Waals surface area contributed by atoms with Gasteiger partial charge in [0.05, 0.1) is 26.4 Å². The molecule has 0 heterocycles. The molecule has 0 saturated heterocycles. The van der Waals surface area contributed by atoms with Gasteiger partial charge in [-0.25, -0.2) is 4.57 Å². The molecular weight excluding hydrogens is 459 g/mol. The third-order valence-corrected chi connectivity index (χ3v) is 6.72. The molecule has 0 aliphatic rings. The lowest BCUT2D eigenvalue weighted by molar-refractivity contribution is -0.00437. The fraction of sp³-hybridized carbons (Fsp3) is 1.00. The van der Waals surface area contributed by atoms with Crippen LogP contribution in [0.5, 0.6) is 0 Å². The van der Waals surface area contributed by atoms with Crippen molar-refractivity contribution in [2.45, 2.75) is 128 Å². The van der Waals surface area contributed by atoms with Crippen LogP contribution in [0.25, 0.3) is 0 Å². The van der Waals surface area contributed by atoms with Crippen molar-refractivity contribution >= 4 is 7.82 Å². The topological polar surface area (TPSA) is 126 Å². The number of rotatable bonds is 27. The lowest BCUT2D eigenvalue weighted by atomic mass is 10.0. The summed E-state index contributed by atoms with van der Waals surface area (Å²) in [7, 11) is -4.38. The molecule has 9 heteroatoms. The third kappa shape index (κ3) is 25.1. The van der Waals surface area contributed by atoms with Gasteiger partial charge in [-0.2, -0.15) is 0 Å². The van der Waals surface area contributed by atoms with Crippen molar-refractivity contribution < 1.29 is 38.6 Å². The first-order valence-electron chi connectivity index (χ1n) is 13.6. The van der Waals surface area contributed by atoms with Gasteiger partial charge in [-0.05, 0) is 6.42 Å². The molecule has 0 spiro atoms. The van der Waals surface area contributed by atoms with Crippen molar-refractivity contribution in [3.63, 3.8) is 0 Å². The molecule has 0 aromatic rings. The SMILES string of the molecule is CCCCCCCCCCCCCCCCCCCOCC(O)COP(=O)(O)OCC(O)CO. The van der Waals surface area contributed by atoms with E-state index in [1.165, 1.54) is 96.3 Å². The monoisotopic (exact) mass is 512 g/mol. The highest BCUT2D eigenvalue weighted by Crippen LogP contribution is 2.43. The molecule has 3 atom stereocenters. The molecule has 0 aliphatic heterocycles. The highest BCUT2D eigenvalue weighted by atomic mass is 31.2. The van der Waals surface area contributed by atoms with Crippen LogP contribution in [0.2, 0.25) is 0 Å². The summed E-state index contributed by atoms with van der Waals surface area (Å²) in [6.45, 7) is 1.28. The Morgan fingerprint density at radius 2 is 1.00 bits per heavy atom. The van der Waals surface area contributed by atoms with Gasteiger partial charge in [-0.3, -0.25) is 9.05 Å². The Morgan fingerprint density at radius 3 is 1.41 bits per heavy atom. The lowest BCUT2D eigenvalue weighted by Gasteiger charge is -2.16. The summed E-state index contributed by atoms with van der Waals surface area (Å²) in [5, 5.41) is 27.5. The van der Waals surface area contributed by atoms with Gasteiger partial charge in [0, 0.05) is 6.61 Å². The number of ether oxygens (including phenoxy) is 1. The highest BCUT2D eigenvalue weighted by Gasteiger charge is 2.24. The van der Waals surface area contributed by atoms with Gasteiger partial charge >= 0.3 is 7.82 Å². The minimum atomic E-state index is -4.38. The maximum absolute atomic E-state index is 11.6. The van der Waals surface area contributed by atoms with Gasteiger partial charge in [0.2, 0.25) is 0 Å². The van der Waals surface area contributed by atoms with Gasteiger partial charge < -0.3 is 24.9 Å². The van der Waals surface area contributed by atoms with E-state index in [2.05, 4.69) is 16.0 Å². The molecule has 0 aromatic carbocycles. The molecular formula is C25H53O8P. The molecule has 0 amide bonds. The zero-order chi connectivity index (χ0) is 25.3. The summed E-state index contributed by atoms with van der Waals surface area (Å²) in [6, 6.07) is 0. The zero-order valence-corrected chi connectivity index (χ0v) is 22.5. The Kier molecular flexibility index (Phi) is 24.6. The standard InChI is InChI=1S/C25H53O8P/c1-2-3-4-5-6-7-8-9-10-11-12-13-14-15-16-17-18-19-31-21-25(28)23-33-34(29,30)32-22-24(27)20-26/h24-28H,2-23H2,1H3,(H,29,30). The van der Waals surface area contributed by atoms with Crippen LogP contribution in [0.1, 0.15) is 116 Å². The number of unbranched alkanes of at least 4 members (excludes halogenated alkanes) is 16. The zero-order valence-electron chi connectivity index (χ0n) is 21.6. The van der Waals surface area contributed by atoms with Crippen LogP contribution in [-0.2, 0) is 18.3 Å². The van der Waals surface area contributed by atoms with Gasteiger partial charge in [0.1, 0.15) is 12.2 Å². The summed E-state index contributed by atoms with van der Waals surface area (Å²) >= 11 is 0. The Balaban J connectivity index is 3.32. The van der Waals surface area contributed by atoms with Gasteiger partial charge in [0.25, 0.3) is 0 Å². The molecule has 8 nitrogen and oxygen atoms in total.